The molecule has 1 rings (SSSR count). The molecule has 7 heteroatoms. The second-order valence-corrected chi connectivity index (χ2v) is 3.10. The highest BCUT2D eigenvalue weighted by atomic mass is 35.5. The van der Waals surface area contributed by atoms with Gasteiger partial charge in [0.05, 0.1) is 5.02 Å². The van der Waals surface area contributed by atoms with Crippen LogP contribution in [0.4, 0.5) is 0 Å². The third-order valence-corrected chi connectivity index (χ3v) is 1.74. The number of carboxylic acid groups (broad SMARTS) is 1. The minimum atomic E-state index is -1.03. The van der Waals surface area contributed by atoms with Gasteiger partial charge in [-0.15, -0.1) is 24.8 Å². The first-order valence-electron chi connectivity index (χ1n) is 3.67. The van der Waals surface area contributed by atoms with Crippen molar-refractivity contribution in [2.75, 3.05) is 0 Å². The summed E-state index contributed by atoms with van der Waals surface area (Å²) in [5.74, 6) is -1.03. The first-order chi connectivity index (χ1) is 6.09. The Morgan fingerprint density at radius 1 is 1.53 bits per heavy atom. The number of aliphatic carboxylic acids is 1. The smallest absolute Gasteiger partial charge is 0.320 e. The van der Waals surface area contributed by atoms with Crippen LogP contribution in [0.1, 0.15) is 5.56 Å². The van der Waals surface area contributed by atoms with Crippen LogP contribution >= 0.6 is 36.4 Å². The van der Waals surface area contributed by atoms with Gasteiger partial charge in [-0.3, -0.25) is 9.78 Å². The first kappa shape index (κ1) is 16.9. The molecule has 0 aromatic carbocycles. The van der Waals surface area contributed by atoms with Crippen LogP contribution in [-0.2, 0) is 11.2 Å². The molecule has 1 heterocycles. The monoisotopic (exact) mass is 272 g/mol. The molecule has 1 atom stereocenters. The molecule has 3 N–H and O–H groups in total. The van der Waals surface area contributed by atoms with Gasteiger partial charge >= 0.3 is 5.97 Å². The van der Waals surface area contributed by atoms with Crippen LogP contribution in [0.2, 0.25) is 5.02 Å². The average molecular weight is 274 g/mol. The minimum absolute atomic E-state index is 0. The minimum Gasteiger partial charge on any atom is -0.480 e. The van der Waals surface area contributed by atoms with Gasteiger partial charge in [-0.2, -0.15) is 0 Å². The van der Waals surface area contributed by atoms with Crippen molar-refractivity contribution in [3.8, 4) is 0 Å². The van der Waals surface area contributed by atoms with E-state index in [0.717, 1.165) is 5.56 Å². The number of pyridine rings is 1. The molecule has 0 aliphatic carbocycles. The van der Waals surface area contributed by atoms with Crippen molar-refractivity contribution in [1.29, 1.82) is 0 Å². The summed E-state index contributed by atoms with van der Waals surface area (Å²) in [5.41, 5.74) is 6.05. The Bertz CT molecular complexity index is 323. The number of carbonyl (C=O) groups is 1. The molecule has 0 saturated carbocycles. The molecule has 1 aromatic rings. The van der Waals surface area contributed by atoms with Crippen molar-refractivity contribution >= 4 is 42.4 Å². The van der Waals surface area contributed by atoms with Gasteiger partial charge in [0.25, 0.3) is 0 Å². The molecule has 86 valence electrons. The molecule has 0 aliphatic rings. The largest absolute Gasteiger partial charge is 0.480 e. The van der Waals surface area contributed by atoms with Crippen LogP contribution in [0.5, 0.6) is 0 Å². The van der Waals surface area contributed by atoms with Crippen LogP contribution < -0.4 is 5.73 Å². The Morgan fingerprint density at radius 3 is 2.60 bits per heavy atom. The fourth-order valence-electron chi connectivity index (χ4n) is 0.909. The zero-order chi connectivity index (χ0) is 9.84. The Morgan fingerprint density at radius 2 is 2.13 bits per heavy atom. The molecule has 0 radical (unpaired) electrons. The lowest BCUT2D eigenvalue weighted by molar-refractivity contribution is -0.138. The molecule has 0 saturated heterocycles. The molecular weight excluding hydrogens is 262 g/mol. The summed E-state index contributed by atoms with van der Waals surface area (Å²) in [6.07, 6.45) is 3.27. The number of nitrogens with two attached hydrogens (primary N) is 1. The lowest BCUT2D eigenvalue weighted by Crippen LogP contribution is -2.32. The van der Waals surface area contributed by atoms with E-state index in [-0.39, 0.29) is 31.2 Å². The number of carboxylic acids is 1. The van der Waals surface area contributed by atoms with Crippen molar-refractivity contribution < 1.29 is 9.90 Å². The number of aromatic nitrogens is 1. The molecule has 1 aromatic heterocycles. The van der Waals surface area contributed by atoms with E-state index in [1.807, 2.05) is 0 Å². The highest BCUT2D eigenvalue weighted by Gasteiger charge is 2.11. The van der Waals surface area contributed by atoms with Gasteiger partial charge in [0, 0.05) is 12.4 Å². The van der Waals surface area contributed by atoms with Gasteiger partial charge in [0.2, 0.25) is 0 Å². The predicted molar refractivity (Wildman–Crippen MR) is 63.1 cm³/mol. The zero-order valence-corrected chi connectivity index (χ0v) is 9.98. The van der Waals surface area contributed by atoms with E-state index in [2.05, 4.69) is 4.98 Å². The maximum Gasteiger partial charge on any atom is 0.320 e. The van der Waals surface area contributed by atoms with Gasteiger partial charge in [0.15, 0.2) is 0 Å². The Balaban J connectivity index is 0. The highest BCUT2D eigenvalue weighted by molar-refractivity contribution is 6.30. The van der Waals surface area contributed by atoms with E-state index in [4.69, 9.17) is 22.4 Å². The summed E-state index contributed by atoms with van der Waals surface area (Å²) in [4.78, 5) is 14.2. The summed E-state index contributed by atoms with van der Waals surface area (Å²) in [6, 6.07) is 0.748. The van der Waals surface area contributed by atoms with E-state index in [0.29, 0.717) is 5.02 Å². The molecule has 15 heavy (non-hydrogen) atoms. The zero-order valence-electron chi connectivity index (χ0n) is 7.59. The van der Waals surface area contributed by atoms with Crippen molar-refractivity contribution in [1.82, 2.24) is 4.98 Å². The number of halogens is 3. The predicted octanol–water partition coefficient (Wildman–Crippen LogP) is 1.53. The molecule has 4 nitrogen and oxygen atoms in total. The Labute approximate surface area is 105 Å². The molecule has 0 unspecified atom stereocenters. The summed E-state index contributed by atoms with van der Waals surface area (Å²) < 4.78 is 0. The second kappa shape index (κ2) is 7.70. The quantitative estimate of drug-likeness (QED) is 0.876. The summed E-state index contributed by atoms with van der Waals surface area (Å²) >= 11 is 5.66. The van der Waals surface area contributed by atoms with E-state index in [1.165, 1.54) is 6.20 Å². The van der Waals surface area contributed by atoms with Crippen molar-refractivity contribution in [3.63, 3.8) is 0 Å². The van der Waals surface area contributed by atoms with Gasteiger partial charge in [-0.1, -0.05) is 11.6 Å². The van der Waals surface area contributed by atoms with E-state index < -0.39 is 12.0 Å². The summed E-state index contributed by atoms with van der Waals surface area (Å²) in [7, 11) is 0. The van der Waals surface area contributed by atoms with Crippen LogP contribution in [0.25, 0.3) is 0 Å². The fraction of sp³-hybridized carbons (Fsp3) is 0.250. The SMILES string of the molecule is Cl.Cl.N[C@@H](Cc1cncc(Cl)c1)C(=O)O. The van der Waals surface area contributed by atoms with Gasteiger partial charge < -0.3 is 10.8 Å². The number of hydrogen-bond acceptors (Lipinski definition) is 3. The molecule has 0 amide bonds. The lowest BCUT2D eigenvalue weighted by Gasteiger charge is -2.05. The van der Waals surface area contributed by atoms with Gasteiger partial charge in [-0.25, -0.2) is 0 Å². The summed E-state index contributed by atoms with van der Waals surface area (Å²) in [6.45, 7) is 0. The van der Waals surface area contributed by atoms with Crippen molar-refractivity contribution in [2.45, 2.75) is 12.5 Å². The molecule has 0 bridgehead atoms. The Hall–Kier alpha value is -0.550. The number of nitrogens with zero attached hydrogens (tertiary/aromatic N) is 1. The third-order valence-electron chi connectivity index (χ3n) is 1.53. The van der Waals surface area contributed by atoms with E-state index in [9.17, 15) is 4.79 Å². The summed E-state index contributed by atoms with van der Waals surface area (Å²) in [5, 5.41) is 9.02. The normalized spacial score (nSPS) is 10.8. The van der Waals surface area contributed by atoms with Gasteiger partial charge in [0.1, 0.15) is 6.04 Å². The van der Waals surface area contributed by atoms with Crippen LogP contribution in [-0.4, -0.2) is 22.1 Å². The highest BCUT2D eigenvalue weighted by Crippen LogP contribution is 2.09. The van der Waals surface area contributed by atoms with E-state index in [1.54, 1.807) is 12.3 Å². The number of hydrogen-bond donors (Lipinski definition) is 2. The second-order valence-electron chi connectivity index (χ2n) is 2.66. The van der Waals surface area contributed by atoms with Gasteiger partial charge in [-0.05, 0) is 18.1 Å². The maximum absolute atomic E-state index is 10.4. The Kier molecular flexibility index (Phi) is 8.66. The van der Waals surface area contributed by atoms with Crippen molar-refractivity contribution in [3.05, 3.63) is 29.0 Å². The standard InChI is InChI=1S/C8H9ClN2O2.2ClH/c9-6-1-5(3-11-4-6)2-7(10)8(12)13;;/h1,3-4,7H,2,10H2,(H,12,13);2*1H/t7-;;/m0../s1. The first-order valence-corrected chi connectivity index (χ1v) is 4.05. The lowest BCUT2D eigenvalue weighted by atomic mass is 10.1. The van der Waals surface area contributed by atoms with Crippen LogP contribution in [0.15, 0.2) is 18.5 Å². The third kappa shape index (κ3) is 5.79. The molecular formula is C8H11Cl3N2O2. The molecule has 0 spiro atoms. The molecule has 0 aliphatic heterocycles. The van der Waals surface area contributed by atoms with Crippen LogP contribution in [0.3, 0.4) is 0 Å². The number of rotatable bonds is 3. The van der Waals surface area contributed by atoms with E-state index >= 15 is 0 Å². The topological polar surface area (TPSA) is 76.2 Å². The van der Waals surface area contributed by atoms with Crippen molar-refractivity contribution in [2.24, 2.45) is 5.73 Å². The average Bonchev–Trinajstić information content (AvgIpc) is 2.04. The molecule has 0 fully saturated rings. The maximum atomic E-state index is 10.4. The van der Waals surface area contributed by atoms with Crippen LogP contribution in [0, 0.1) is 0 Å². The fourth-order valence-corrected chi connectivity index (χ4v) is 1.11.